The highest BCUT2D eigenvalue weighted by Gasteiger charge is 2.12. The Morgan fingerprint density at radius 1 is 1.41 bits per heavy atom. The summed E-state index contributed by atoms with van der Waals surface area (Å²) in [5, 5.41) is 9.11. The fourth-order valence-electron chi connectivity index (χ4n) is 1.44. The second kappa shape index (κ2) is 4.47. The molecule has 88 valence electrons. The summed E-state index contributed by atoms with van der Waals surface area (Å²) in [6, 6.07) is 6.05. The quantitative estimate of drug-likeness (QED) is 0.887. The molecule has 5 heteroatoms. The first kappa shape index (κ1) is 12.1. The summed E-state index contributed by atoms with van der Waals surface area (Å²) >= 11 is 7.06. The molecule has 0 radical (unpaired) electrons. The molecule has 0 saturated heterocycles. The van der Waals surface area contributed by atoms with Gasteiger partial charge in [-0.3, -0.25) is 0 Å². The fraction of sp³-hybridized carbons (Fsp3) is 0.0833. The van der Waals surface area contributed by atoms with Gasteiger partial charge in [0.05, 0.1) is 5.02 Å². The van der Waals surface area contributed by atoms with Crippen LogP contribution in [0.2, 0.25) is 5.02 Å². The molecule has 17 heavy (non-hydrogen) atoms. The molecule has 1 aromatic heterocycles. The Morgan fingerprint density at radius 3 is 2.71 bits per heavy atom. The predicted octanol–water partition coefficient (Wildman–Crippen LogP) is 4.21. The van der Waals surface area contributed by atoms with E-state index in [0.717, 1.165) is 16.2 Å². The summed E-state index contributed by atoms with van der Waals surface area (Å²) in [6.45, 7) is 1.64. The molecule has 2 aromatic rings. The van der Waals surface area contributed by atoms with Crippen LogP contribution in [0, 0.1) is 12.7 Å². The number of hydrogen-bond acceptors (Lipinski definition) is 2. The lowest BCUT2D eigenvalue weighted by atomic mass is 10.1. The average molecular weight is 271 g/mol. The van der Waals surface area contributed by atoms with Crippen molar-refractivity contribution in [3.8, 4) is 10.4 Å². The maximum atomic E-state index is 13.2. The molecule has 0 amide bonds. The smallest absolute Gasteiger partial charge is 0.345 e. The van der Waals surface area contributed by atoms with Gasteiger partial charge in [-0.1, -0.05) is 11.6 Å². The van der Waals surface area contributed by atoms with Crippen LogP contribution in [0.3, 0.4) is 0 Å². The van der Waals surface area contributed by atoms with Crippen LogP contribution < -0.4 is 0 Å². The predicted molar refractivity (Wildman–Crippen MR) is 66.4 cm³/mol. The van der Waals surface area contributed by atoms with Gasteiger partial charge in [0.25, 0.3) is 0 Å². The molecule has 1 N–H and O–H groups in total. The second-order valence-electron chi connectivity index (χ2n) is 3.55. The summed E-state index contributed by atoms with van der Waals surface area (Å²) in [5.41, 5.74) is 1.14. The summed E-state index contributed by atoms with van der Waals surface area (Å²) in [6.07, 6.45) is 0. The molecular weight excluding hydrogens is 263 g/mol. The first-order valence-electron chi connectivity index (χ1n) is 4.78. The third kappa shape index (κ3) is 2.33. The van der Waals surface area contributed by atoms with Crippen LogP contribution in [0.15, 0.2) is 24.3 Å². The zero-order valence-electron chi connectivity index (χ0n) is 8.83. The molecule has 1 aromatic carbocycles. The van der Waals surface area contributed by atoms with Crippen LogP contribution in [0.1, 0.15) is 15.2 Å². The molecule has 0 aliphatic rings. The average Bonchev–Trinajstić information content (AvgIpc) is 2.72. The fourth-order valence-corrected chi connectivity index (χ4v) is 2.63. The lowest BCUT2D eigenvalue weighted by Crippen LogP contribution is -1.89. The Bertz CT molecular complexity index is 592. The van der Waals surface area contributed by atoms with Gasteiger partial charge in [0.15, 0.2) is 0 Å². The van der Waals surface area contributed by atoms with Crippen molar-refractivity contribution in [2.45, 2.75) is 6.92 Å². The van der Waals surface area contributed by atoms with Gasteiger partial charge in [0.2, 0.25) is 0 Å². The molecule has 0 aliphatic heterocycles. The van der Waals surface area contributed by atoms with Gasteiger partial charge in [-0.15, -0.1) is 11.3 Å². The number of carbonyl (C=O) groups is 1. The van der Waals surface area contributed by atoms with Gasteiger partial charge in [0, 0.05) is 10.4 Å². The summed E-state index contributed by atoms with van der Waals surface area (Å²) in [4.78, 5) is 11.7. The van der Waals surface area contributed by atoms with E-state index in [-0.39, 0.29) is 15.7 Å². The number of hydrogen-bond donors (Lipinski definition) is 1. The van der Waals surface area contributed by atoms with Crippen molar-refractivity contribution in [2.75, 3.05) is 0 Å². The molecule has 2 rings (SSSR count). The van der Waals surface area contributed by atoms with Crippen molar-refractivity contribution in [2.24, 2.45) is 0 Å². The number of aromatic carboxylic acids is 1. The third-order valence-corrected chi connectivity index (χ3v) is 3.75. The minimum absolute atomic E-state index is 0.234. The van der Waals surface area contributed by atoms with Crippen molar-refractivity contribution in [1.82, 2.24) is 0 Å². The number of rotatable bonds is 2. The van der Waals surface area contributed by atoms with Gasteiger partial charge in [-0.2, -0.15) is 0 Å². The van der Waals surface area contributed by atoms with E-state index in [1.807, 2.05) is 0 Å². The normalized spacial score (nSPS) is 10.5. The SMILES string of the molecule is Cc1cc(-c2ccc(C(=O)O)s2)c(Cl)cc1F. The standard InChI is InChI=1S/C12H8ClFO2S/c1-6-4-7(8(13)5-9(6)14)10-2-3-11(17-10)12(15)16/h2-5H,1H3,(H,15,16). The van der Waals surface area contributed by atoms with Gasteiger partial charge in [-0.25, -0.2) is 9.18 Å². The van der Waals surface area contributed by atoms with Crippen LogP contribution in [0.5, 0.6) is 0 Å². The van der Waals surface area contributed by atoms with Crippen molar-refractivity contribution < 1.29 is 14.3 Å². The Hall–Kier alpha value is -1.39. The number of aryl methyl sites for hydroxylation is 1. The summed E-state index contributed by atoms with van der Waals surface area (Å²) in [7, 11) is 0. The van der Waals surface area contributed by atoms with Crippen LogP contribution in [-0.4, -0.2) is 11.1 Å². The van der Waals surface area contributed by atoms with Crippen LogP contribution in [0.25, 0.3) is 10.4 Å². The molecule has 2 nitrogen and oxygen atoms in total. The van der Waals surface area contributed by atoms with Crippen molar-refractivity contribution in [3.05, 3.63) is 45.5 Å². The summed E-state index contributed by atoms with van der Waals surface area (Å²) < 4.78 is 13.2. The monoisotopic (exact) mass is 270 g/mol. The van der Waals surface area contributed by atoms with E-state index in [0.29, 0.717) is 11.1 Å². The second-order valence-corrected chi connectivity index (χ2v) is 5.04. The van der Waals surface area contributed by atoms with Gasteiger partial charge >= 0.3 is 5.97 Å². The van der Waals surface area contributed by atoms with Gasteiger partial charge in [0.1, 0.15) is 10.7 Å². The Kier molecular flexibility index (Phi) is 3.17. The topological polar surface area (TPSA) is 37.3 Å². The number of thiophene rings is 1. The largest absolute Gasteiger partial charge is 0.477 e. The zero-order chi connectivity index (χ0) is 12.6. The lowest BCUT2D eigenvalue weighted by molar-refractivity contribution is 0.0702. The first-order chi connectivity index (χ1) is 7.99. The Balaban J connectivity index is 2.52. The molecule has 0 spiro atoms. The highest BCUT2D eigenvalue weighted by molar-refractivity contribution is 7.17. The highest BCUT2D eigenvalue weighted by atomic mass is 35.5. The molecule has 0 saturated carbocycles. The number of halogens is 2. The van der Waals surface area contributed by atoms with E-state index in [4.69, 9.17) is 16.7 Å². The maximum Gasteiger partial charge on any atom is 0.345 e. The van der Waals surface area contributed by atoms with Gasteiger partial charge < -0.3 is 5.11 Å². The molecule has 0 aliphatic carbocycles. The van der Waals surface area contributed by atoms with Gasteiger partial charge in [-0.05, 0) is 36.8 Å². The van der Waals surface area contributed by atoms with E-state index in [2.05, 4.69) is 0 Å². The van der Waals surface area contributed by atoms with Crippen molar-refractivity contribution >= 4 is 28.9 Å². The van der Waals surface area contributed by atoms with Crippen LogP contribution in [-0.2, 0) is 0 Å². The molecule has 0 fully saturated rings. The maximum absolute atomic E-state index is 13.2. The zero-order valence-corrected chi connectivity index (χ0v) is 10.4. The minimum atomic E-state index is -0.976. The summed E-state index contributed by atoms with van der Waals surface area (Å²) in [5.74, 6) is -1.34. The van der Waals surface area contributed by atoms with E-state index in [9.17, 15) is 9.18 Å². The van der Waals surface area contributed by atoms with Crippen molar-refractivity contribution in [1.29, 1.82) is 0 Å². The molecule has 0 atom stereocenters. The molecular formula is C12H8ClFO2S. The Morgan fingerprint density at radius 2 is 2.12 bits per heavy atom. The lowest BCUT2D eigenvalue weighted by Gasteiger charge is -2.04. The van der Waals surface area contributed by atoms with E-state index >= 15 is 0 Å². The molecule has 0 bridgehead atoms. The van der Waals surface area contributed by atoms with E-state index in [1.54, 1.807) is 19.1 Å². The van der Waals surface area contributed by atoms with E-state index in [1.165, 1.54) is 12.1 Å². The van der Waals surface area contributed by atoms with Crippen molar-refractivity contribution in [3.63, 3.8) is 0 Å². The molecule has 0 unspecified atom stereocenters. The molecule has 1 heterocycles. The van der Waals surface area contributed by atoms with Crippen LogP contribution in [0.4, 0.5) is 4.39 Å². The van der Waals surface area contributed by atoms with E-state index < -0.39 is 5.97 Å². The number of carboxylic acids is 1. The van der Waals surface area contributed by atoms with Crippen LogP contribution >= 0.6 is 22.9 Å². The highest BCUT2D eigenvalue weighted by Crippen LogP contribution is 2.34. The first-order valence-corrected chi connectivity index (χ1v) is 5.97. The third-order valence-electron chi connectivity index (χ3n) is 2.33. The Labute approximate surface area is 106 Å². The minimum Gasteiger partial charge on any atom is -0.477 e. The number of benzene rings is 1. The number of carboxylic acid groups (broad SMARTS) is 1.